The Hall–Kier alpha value is -2.18. The predicted octanol–water partition coefficient (Wildman–Crippen LogP) is 0.831. The number of hydrogen-bond acceptors (Lipinski definition) is 7. The maximum Gasteiger partial charge on any atom is 0.228 e. The molecule has 0 aliphatic carbocycles. The molecule has 0 fully saturated rings. The predicted molar refractivity (Wildman–Crippen MR) is 59.8 cm³/mol. The Kier molecular flexibility index (Phi) is 3.49. The highest BCUT2D eigenvalue weighted by atomic mass is 16.5. The fraction of sp³-hybridized carbons (Fsp3) is 0.400. The van der Waals surface area contributed by atoms with E-state index >= 15 is 0 Å². The zero-order chi connectivity index (χ0) is 12.1. The molecule has 1 N–H and O–H groups in total. The molecule has 0 spiro atoms. The van der Waals surface area contributed by atoms with Gasteiger partial charge in [0.2, 0.25) is 11.8 Å². The summed E-state index contributed by atoms with van der Waals surface area (Å²) in [6.07, 6.45) is 3.49. The lowest BCUT2D eigenvalue weighted by Crippen LogP contribution is -2.09. The third-order valence-corrected chi connectivity index (χ3v) is 2.27. The van der Waals surface area contributed by atoms with Gasteiger partial charge in [0.05, 0.1) is 12.7 Å². The number of anilines is 1. The molecule has 90 valence electrons. The SMILES string of the molecule is COc1ncnc(NCCc2ncno2)c1C. The van der Waals surface area contributed by atoms with Crippen molar-refractivity contribution >= 4 is 5.82 Å². The first-order valence-corrected chi connectivity index (χ1v) is 5.16. The molecule has 0 aliphatic heterocycles. The van der Waals surface area contributed by atoms with Crippen LogP contribution < -0.4 is 10.1 Å². The first-order valence-electron chi connectivity index (χ1n) is 5.16. The zero-order valence-corrected chi connectivity index (χ0v) is 9.67. The molecule has 0 saturated heterocycles. The molecular weight excluding hydrogens is 222 g/mol. The number of hydrogen-bond donors (Lipinski definition) is 1. The van der Waals surface area contributed by atoms with Gasteiger partial charge in [-0.2, -0.15) is 4.98 Å². The number of nitrogens with one attached hydrogen (secondary N) is 1. The molecule has 0 aromatic carbocycles. The summed E-state index contributed by atoms with van der Waals surface area (Å²) < 4.78 is 9.99. The summed E-state index contributed by atoms with van der Waals surface area (Å²) in [5, 5.41) is 6.70. The Morgan fingerprint density at radius 1 is 1.29 bits per heavy atom. The van der Waals surface area contributed by atoms with Gasteiger partial charge in [0, 0.05) is 13.0 Å². The average Bonchev–Trinajstić information content (AvgIpc) is 2.84. The van der Waals surface area contributed by atoms with Crippen LogP contribution in [0.15, 0.2) is 17.2 Å². The Bertz CT molecular complexity index is 472. The third-order valence-electron chi connectivity index (χ3n) is 2.27. The lowest BCUT2D eigenvalue weighted by Gasteiger charge is -2.09. The van der Waals surface area contributed by atoms with E-state index in [0.29, 0.717) is 24.7 Å². The first-order chi connectivity index (χ1) is 8.31. The second-order valence-corrected chi connectivity index (χ2v) is 3.37. The molecule has 0 amide bonds. The molecule has 17 heavy (non-hydrogen) atoms. The van der Waals surface area contributed by atoms with Crippen LogP contribution in [0.5, 0.6) is 5.88 Å². The van der Waals surface area contributed by atoms with Gasteiger partial charge in [0.25, 0.3) is 0 Å². The summed E-state index contributed by atoms with van der Waals surface area (Å²) in [5.74, 6) is 1.91. The Labute approximate surface area is 98.2 Å². The quantitative estimate of drug-likeness (QED) is 0.821. The van der Waals surface area contributed by atoms with Crippen molar-refractivity contribution in [3.63, 3.8) is 0 Å². The fourth-order valence-corrected chi connectivity index (χ4v) is 1.41. The maximum atomic E-state index is 5.11. The standard InChI is InChI=1S/C10H13N5O2/c1-7-9(13-5-14-10(7)16-2)11-4-3-8-12-6-15-17-8/h5-6H,3-4H2,1-2H3,(H,11,13,14). The van der Waals surface area contributed by atoms with Crippen molar-refractivity contribution in [2.45, 2.75) is 13.3 Å². The molecule has 0 aliphatic rings. The normalized spacial score (nSPS) is 10.2. The topological polar surface area (TPSA) is 86.0 Å². The maximum absolute atomic E-state index is 5.11. The highest BCUT2D eigenvalue weighted by molar-refractivity contribution is 5.47. The van der Waals surface area contributed by atoms with Gasteiger partial charge in [0.15, 0.2) is 6.33 Å². The Morgan fingerprint density at radius 2 is 2.18 bits per heavy atom. The van der Waals surface area contributed by atoms with Gasteiger partial charge < -0.3 is 14.6 Å². The number of ether oxygens (including phenoxy) is 1. The van der Waals surface area contributed by atoms with E-state index < -0.39 is 0 Å². The summed E-state index contributed by atoms with van der Waals surface area (Å²) in [6, 6.07) is 0. The minimum Gasteiger partial charge on any atom is -0.481 e. The average molecular weight is 235 g/mol. The van der Waals surface area contributed by atoms with Crippen molar-refractivity contribution in [3.8, 4) is 5.88 Å². The van der Waals surface area contributed by atoms with Crippen molar-refractivity contribution in [1.29, 1.82) is 0 Å². The minimum atomic E-state index is 0.570. The lowest BCUT2D eigenvalue weighted by molar-refractivity contribution is 0.379. The highest BCUT2D eigenvalue weighted by Gasteiger charge is 2.07. The van der Waals surface area contributed by atoms with E-state index in [4.69, 9.17) is 9.26 Å². The van der Waals surface area contributed by atoms with Gasteiger partial charge in [-0.25, -0.2) is 9.97 Å². The summed E-state index contributed by atoms with van der Waals surface area (Å²) in [4.78, 5) is 12.1. The van der Waals surface area contributed by atoms with Crippen molar-refractivity contribution in [3.05, 3.63) is 24.1 Å². The molecule has 2 rings (SSSR count). The van der Waals surface area contributed by atoms with Crippen molar-refractivity contribution in [2.24, 2.45) is 0 Å². The van der Waals surface area contributed by atoms with Crippen LogP contribution in [-0.4, -0.2) is 33.8 Å². The molecule has 2 heterocycles. The highest BCUT2D eigenvalue weighted by Crippen LogP contribution is 2.19. The molecule has 0 atom stereocenters. The molecule has 0 bridgehead atoms. The second kappa shape index (κ2) is 5.24. The minimum absolute atomic E-state index is 0.570. The van der Waals surface area contributed by atoms with E-state index in [1.165, 1.54) is 12.7 Å². The van der Waals surface area contributed by atoms with Crippen LogP contribution in [0.1, 0.15) is 11.5 Å². The number of rotatable bonds is 5. The van der Waals surface area contributed by atoms with Gasteiger partial charge >= 0.3 is 0 Å². The van der Waals surface area contributed by atoms with Crippen molar-refractivity contribution < 1.29 is 9.26 Å². The Morgan fingerprint density at radius 3 is 2.88 bits per heavy atom. The second-order valence-electron chi connectivity index (χ2n) is 3.37. The molecule has 0 unspecified atom stereocenters. The summed E-state index contributed by atoms with van der Waals surface area (Å²) >= 11 is 0. The first kappa shape index (κ1) is 11.3. The molecular formula is C10H13N5O2. The number of methoxy groups -OCH3 is 1. The number of nitrogens with zero attached hydrogens (tertiary/aromatic N) is 4. The lowest BCUT2D eigenvalue weighted by atomic mass is 10.3. The molecule has 2 aromatic heterocycles. The van der Waals surface area contributed by atoms with E-state index in [-0.39, 0.29) is 0 Å². The van der Waals surface area contributed by atoms with Crippen LogP contribution in [0.3, 0.4) is 0 Å². The van der Waals surface area contributed by atoms with Gasteiger partial charge in [-0.15, -0.1) is 0 Å². The smallest absolute Gasteiger partial charge is 0.228 e. The van der Waals surface area contributed by atoms with Crippen molar-refractivity contribution in [2.75, 3.05) is 19.0 Å². The van der Waals surface area contributed by atoms with Crippen LogP contribution in [-0.2, 0) is 6.42 Å². The monoisotopic (exact) mass is 235 g/mol. The molecule has 0 saturated carbocycles. The van der Waals surface area contributed by atoms with Gasteiger partial charge in [-0.05, 0) is 6.92 Å². The van der Waals surface area contributed by atoms with E-state index in [1.807, 2.05) is 6.92 Å². The van der Waals surface area contributed by atoms with Crippen LogP contribution in [0.2, 0.25) is 0 Å². The largest absolute Gasteiger partial charge is 0.481 e. The molecule has 2 aromatic rings. The Balaban J connectivity index is 1.95. The van der Waals surface area contributed by atoms with Crippen LogP contribution >= 0.6 is 0 Å². The van der Waals surface area contributed by atoms with E-state index in [0.717, 1.165) is 11.4 Å². The van der Waals surface area contributed by atoms with E-state index in [1.54, 1.807) is 7.11 Å². The zero-order valence-electron chi connectivity index (χ0n) is 9.67. The summed E-state index contributed by atoms with van der Waals surface area (Å²) in [6.45, 7) is 2.55. The fourth-order valence-electron chi connectivity index (χ4n) is 1.41. The van der Waals surface area contributed by atoms with Gasteiger partial charge in [-0.3, -0.25) is 0 Å². The van der Waals surface area contributed by atoms with Crippen molar-refractivity contribution in [1.82, 2.24) is 20.1 Å². The summed E-state index contributed by atoms with van der Waals surface area (Å²) in [5.41, 5.74) is 0.875. The van der Waals surface area contributed by atoms with E-state index in [2.05, 4.69) is 25.4 Å². The van der Waals surface area contributed by atoms with Crippen LogP contribution in [0.4, 0.5) is 5.82 Å². The van der Waals surface area contributed by atoms with Crippen LogP contribution in [0, 0.1) is 6.92 Å². The molecule has 0 radical (unpaired) electrons. The number of aromatic nitrogens is 4. The van der Waals surface area contributed by atoms with Crippen LogP contribution in [0.25, 0.3) is 0 Å². The van der Waals surface area contributed by atoms with Gasteiger partial charge in [-0.1, -0.05) is 5.16 Å². The molecule has 7 heteroatoms. The van der Waals surface area contributed by atoms with E-state index in [9.17, 15) is 0 Å². The van der Waals surface area contributed by atoms with Gasteiger partial charge in [0.1, 0.15) is 12.1 Å². The summed E-state index contributed by atoms with van der Waals surface area (Å²) in [7, 11) is 1.58. The molecule has 7 nitrogen and oxygen atoms in total. The third kappa shape index (κ3) is 2.68.